The van der Waals surface area contributed by atoms with Crippen LogP contribution in [0.25, 0.3) is 0 Å². The Bertz CT molecular complexity index is 749. The van der Waals surface area contributed by atoms with Gasteiger partial charge in [0, 0.05) is 56.6 Å². The van der Waals surface area contributed by atoms with Crippen LogP contribution in [0, 0.1) is 0 Å². The highest BCUT2D eigenvalue weighted by Gasteiger charge is 2.23. The van der Waals surface area contributed by atoms with Crippen LogP contribution in [0.1, 0.15) is 17.3 Å². The zero-order chi connectivity index (χ0) is 19.6. The molecule has 0 amide bonds. The minimum Gasteiger partial charge on any atom is -0.379 e. The van der Waals surface area contributed by atoms with Crippen LogP contribution in [0.5, 0.6) is 0 Å². The average molecular weight is 402 g/mol. The van der Waals surface area contributed by atoms with Gasteiger partial charge in [-0.1, -0.05) is 29.8 Å². The average Bonchev–Trinajstić information content (AvgIpc) is 2.74. The second-order valence-electron chi connectivity index (χ2n) is 6.67. The van der Waals surface area contributed by atoms with Crippen LogP contribution in [0.4, 0.5) is 0 Å². The number of halogens is 1. The van der Waals surface area contributed by atoms with Crippen molar-refractivity contribution in [1.82, 2.24) is 20.5 Å². The maximum Gasteiger partial charge on any atom is 0.191 e. The van der Waals surface area contributed by atoms with E-state index in [0.717, 1.165) is 62.5 Å². The number of pyridine rings is 1. The van der Waals surface area contributed by atoms with Crippen LogP contribution in [-0.4, -0.2) is 62.3 Å². The lowest BCUT2D eigenvalue weighted by molar-refractivity contribution is 0.0170. The smallest absolute Gasteiger partial charge is 0.191 e. The summed E-state index contributed by atoms with van der Waals surface area (Å²) in [7, 11) is 1.79. The van der Waals surface area contributed by atoms with Gasteiger partial charge in [0.05, 0.1) is 19.3 Å². The Labute approximate surface area is 172 Å². The summed E-state index contributed by atoms with van der Waals surface area (Å²) in [5.41, 5.74) is 2.27. The topological polar surface area (TPSA) is 61.8 Å². The van der Waals surface area contributed by atoms with Crippen molar-refractivity contribution in [3.05, 3.63) is 64.9 Å². The maximum atomic E-state index is 6.24. The van der Waals surface area contributed by atoms with Gasteiger partial charge in [0.25, 0.3) is 0 Å². The number of guanidine groups is 1. The fourth-order valence-corrected chi connectivity index (χ4v) is 3.53. The Balaban J connectivity index is 1.58. The molecule has 0 saturated carbocycles. The van der Waals surface area contributed by atoms with Crippen molar-refractivity contribution >= 4 is 17.6 Å². The van der Waals surface area contributed by atoms with Crippen LogP contribution in [0.15, 0.2) is 53.7 Å². The SMILES string of the molecule is CN=C(NCCc1ccccn1)NCC(c1cccc(Cl)c1)N1CCOCC1. The number of ether oxygens (including phenoxy) is 1. The second-order valence-corrected chi connectivity index (χ2v) is 7.11. The van der Waals surface area contributed by atoms with Crippen molar-refractivity contribution in [2.45, 2.75) is 12.5 Å². The minimum absolute atomic E-state index is 0.206. The van der Waals surface area contributed by atoms with E-state index in [2.05, 4.69) is 31.6 Å². The predicted molar refractivity (Wildman–Crippen MR) is 114 cm³/mol. The molecule has 1 aromatic heterocycles. The van der Waals surface area contributed by atoms with Gasteiger partial charge in [0.1, 0.15) is 0 Å². The molecule has 1 fully saturated rings. The zero-order valence-electron chi connectivity index (χ0n) is 16.3. The molecule has 3 rings (SSSR count). The summed E-state index contributed by atoms with van der Waals surface area (Å²) in [5.74, 6) is 0.788. The van der Waals surface area contributed by atoms with Crippen molar-refractivity contribution in [1.29, 1.82) is 0 Å². The van der Waals surface area contributed by atoms with Crippen molar-refractivity contribution in [3.63, 3.8) is 0 Å². The van der Waals surface area contributed by atoms with Crippen LogP contribution < -0.4 is 10.6 Å². The van der Waals surface area contributed by atoms with Gasteiger partial charge in [-0.2, -0.15) is 0 Å². The van der Waals surface area contributed by atoms with E-state index in [1.54, 1.807) is 7.05 Å². The van der Waals surface area contributed by atoms with Crippen LogP contribution in [0.3, 0.4) is 0 Å². The molecule has 0 bridgehead atoms. The second kappa shape index (κ2) is 11.0. The first kappa shape index (κ1) is 20.6. The number of hydrogen-bond donors (Lipinski definition) is 2. The Morgan fingerprint density at radius 1 is 1.21 bits per heavy atom. The first-order valence-electron chi connectivity index (χ1n) is 9.68. The molecule has 150 valence electrons. The fourth-order valence-electron chi connectivity index (χ4n) is 3.33. The number of nitrogens with one attached hydrogen (secondary N) is 2. The normalized spacial score (nSPS) is 16.6. The molecule has 6 nitrogen and oxygen atoms in total. The third kappa shape index (κ3) is 6.19. The molecule has 1 aliphatic heterocycles. The van der Waals surface area contributed by atoms with E-state index in [4.69, 9.17) is 16.3 Å². The van der Waals surface area contributed by atoms with E-state index in [-0.39, 0.29) is 6.04 Å². The molecule has 28 heavy (non-hydrogen) atoms. The van der Waals surface area contributed by atoms with Crippen LogP contribution >= 0.6 is 11.6 Å². The minimum atomic E-state index is 0.206. The highest BCUT2D eigenvalue weighted by molar-refractivity contribution is 6.30. The lowest BCUT2D eigenvalue weighted by atomic mass is 10.0. The number of aromatic nitrogens is 1. The lowest BCUT2D eigenvalue weighted by Crippen LogP contribution is -2.46. The van der Waals surface area contributed by atoms with E-state index in [0.29, 0.717) is 0 Å². The summed E-state index contributed by atoms with van der Waals surface area (Å²) in [5, 5.41) is 7.59. The lowest BCUT2D eigenvalue weighted by Gasteiger charge is -2.35. The van der Waals surface area contributed by atoms with Crippen molar-refractivity contribution in [3.8, 4) is 0 Å². The van der Waals surface area contributed by atoms with E-state index in [9.17, 15) is 0 Å². The summed E-state index contributed by atoms with van der Waals surface area (Å²) in [6.07, 6.45) is 2.67. The molecule has 0 spiro atoms. The number of hydrogen-bond acceptors (Lipinski definition) is 4. The predicted octanol–water partition coefficient (Wildman–Crippen LogP) is 2.52. The number of rotatable bonds is 7. The monoisotopic (exact) mass is 401 g/mol. The van der Waals surface area contributed by atoms with E-state index in [1.165, 1.54) is 5.56 Å². The van der Waals surface area contributed by atoms with Crippen LogP contribution in [0.2, 0.25) is 5.02 Å². The quantitative estimate of drug-likeness (QED) is 0.551. The Morgan fingerprint density at radius 2 is 2.07 bits per heavy atom. The van der Waals surface area contributed by atoms with Gasteiger partial charge in [0.15, 0.2) is 5.96 Å². The summed E-state index contributed by atoms with van der Waals surface area (Å²) < 4.78 is 5.52. The molecule has 2 heterocycles. The summed E-state index contributed by atoms with van der Waals surface area (Å²) >= 11 is 6.24. The zero-order valence-corrected chi connectivity index (χ0v) is 17.0. The fraction of sp³-hybridized carbons (Fsp3) is 0.429. The van der Waals surface area contributed by atoms with Crippen molar-refractivity contribution in [2.24, 2.45) is 4.99 Å². The summed E-state index contributed by atoms with van der Waals surface area (Å²) in [4.78, 5) is 11.1. The van der Waals surface area contributed by atoms with E-state index >= 15 is 0 Å². The van der Waals surface area contributed by atoms with Crippen molar-refractivity contribution < 1.29 is 4.74 Å². The Hall–Kier alpha value is -2.15. The van der Waals surface area contributed by atoms with E-state index < -0.39 is 0 Å². The van der Waals surface area contributed by atoms with Crippen molar-refractivity contribution in [2.75, 3.05) is 46.4 Å². The Kier molecular flexibility index (Phi) is 8.08. The summed E-state index contributed by atoms with van der Waals surface area (Å²) in [6, 6.07) is 14.3. The first-order valence-corrected chi connectivity index (χ1v) is 10.1. The molecule has 1 aromatic carbocycles. The van der Waals surface area contributed by atoms with Gasteiger partial charge < -0.3 is 15.4 Å². The molecule has 1 aliphatic rings. The first-order chi connectivity index (χ1) is 13.8. The van der Waals surface area contributed by atoms with Gasteiger partial charge in [-0.25, -0.2) is 0 Å². The third-order valence-corrected chi connectivity index (χ3v) is 5.04. The molecular weight excluding hydrogens is 374 g/mol. The van der Waals surface area contributed by atoms with Crippen LogP contribution in [-0.2, 0) is 11.2 Å². The third-order valence-electron chi connectivity index (χ3n) is 4.81. The van der Waals surface area contributed by atoms with Gasteiger partial charge in [-0.05, 0) is 29.8 Å². The standard InChI is InChI=1S/C21H28ClN5O/c1-23-21(25-10-8-19-7-2-3-9-24-19)26-16-20(27-11-13-28-14-12-27)17-5-4-6-18(22)15-17/h2-7,9,15,20H,8,10-14,16H2,1H3,(H2,23,25,26). The number of aliphatic imine (C=N–C) groups is 1. The molecule has 0 aliphatic carbocycles. The Morgan fingerprint density at radius 3 is 2.79 bits per heavy atom. The molecule has 1 atom stereocenters. The van der Waals surface area contributed by atoms with Gasteiger partial charge in [-0.15, -0.1) is 0 Å². The van der Waals surface area contributed by atoms with Gasteiger partial charge in [0.2, 0.25) is 0 Å². The number of morpholine rings is 1. The molecule has 2 N–H and O–H groups in total. The molecule has 2 aromatic rings. The molecule has 0 radical (unpaired) electrons. The molecule has 1 unspecified atom stereocenters. The maximum absolute atomic E-state index is 6.24. The molecule has 7 heteroatoms. The summed E-state index contributed by atoms with van der Waals surface area (Å²) in [6.45, 7) is 4.84. The molecular formula is C21H28ClN5O. The molecule has 1 saturated heterocycles. The highest BCUT2D eigenvalue weighted by atomic mass is 35.5. The van der Waals surface area contributed by atoms with Gasteiger partial charge in [-0.3, -0.25) is 14.9 Å². The number of nitrogens with zero attached hydrogens (tertiary/aromatic N) is 3. The highest BCUT2D eigenvalue weighted by Crippen LogP contribution is 2.23. The van der Waals surface area contributed by atoms with E-state index in [1.807, 2.05) is 42.6 Å². The van der Waals surface area contributed by atoms with Gasteiger partial charge >= 0.3 is 0 Å². The number of benzene rings is 1. The largest absolute Gasteiger partial charge is 0.379 e.